The number of aryl methyl sites for hydroxylation is 1. The normalized spacial score (nSPS) is 15.5. The van der Waals surface area contributed by atoms with Crippen LogP contribution in [0.1, 0.15) is 24.0 Å². The predicted molar refractivity (Wildman–Crippen MR) is 108 cm³/mol. The van der Waals surface area contributed by atoms with Crippen molar-refractivity contribution in [2.75, 3.05) is 32.2 Å². The lowest BCUT2D eigenvalue weighted by atomic mass is 9.74. The highest BCUT2D eigenvalue weighted by molar-refractivity contribution is 6.39. The summed E-state index contributed by atoms with van der Waals surface area (Å²) in [6.07, 6.45) is 1.55. The third kappa shape index (κ3) is 4.70. The lowest BCUT2D eigenvalue weighted by Crippen LogP contribution is -2.47. The van der Waals surface area contributed by atoms with Gasteiger partial charge >= 0.3 is 11.8 Å². The Morgan fingerprint density at radius 1 is 1.07 bits per heavy atom. The number of methoxy groups -OCH3 is 1. The maximum absolute atomic E-state index is 12.4. The molecule has 2 amide bonds. The monoisotopic (exact) mass is 382 g/mol. The maximum atomic E-state index is 12.4. The van der Waals surface area contributed by atoms with Crippen LogP contribution < -0.4 is 15.4 Å². The van der Waals surface area contributed by atoms with E-state index in [4.69, 9.17) is 9.47 Å². The van der Waals surface area contributed by atoms with Gasteiger partial charge in [0, 0.05) is 30.9 Å². The van der Waals surface area contributed by atoms with Crippen molar-refractivity contribution in [2.45, 2.75) is 25.2 Å². The number of carbonyl (C=O) groups is 2. The number of ether oxygens (including phenoxy) is 2. The van der Waals surface area contributed by atoms with Crippen molar-refractivity contribution < 1.29 is 19.1 Å². The Kier molecular flexibility index (Phi) is 6.31. The summed E-state index contributed by atoms with van der Waals surface area (Å²) < 4.78 is 10.8. The van der Waals surface area contributed by atoms with Crippen molar-refractivity contribution in [3.63, 3.8) is 0 Å². The molecule has 0 unspecified atom stereocenters. The van der Waals surface area contributed by atoms with Gasteiger partial charge in [0.2, 0.25) is 0 Å². The molecular weight excluding hydrogens is 356 g/mol. The molecule has 2 aromatic carbocycles. The predicted octanol–water partition coefficient (Wildman–Crippen LogP) is 2.81. The number of anilines is 1. The molecule has 0 bridgehead atoms. The molecule has 0 aliphatic carbocycles. The van der Waals surface area contributed by atoms with Crippen molar-refractivity contribution in [1.29, 1.82) is 0 Å². The minimum atomic E-state index is -0.664. The molecule has 0 spiro atoms. The van der Waals surface area contributed by atoms with Gasteiger partial charge in [0.25, 0.3) is 0 Å². The summed E-state index contributed by atoms with van der Waals surface area (Å²) in [5.74, 6) is -0.518. The molecule has 6 heteroatoms. The molecule has 2 aromatic rings. The zero-order valence-corrected chi connectivity index (χ0v) is 16.3. The van der Waals surface area contributed by atoms with Gasteiger partial charge in [-0.3, -0.25) is 9.59 Å². The third-order valence-corrected chi connectivity index (χ3v) is 5.22. The standard InChI is InChI=1S/C22H26N2O4/c1-16-4-3-5-18(14-16)24-21(26)20(25)23-15-22(10-12-28-13-11-22)17-6-8-19(27-2)9-7-17/h3-9,14H,10-13,15H2,1-2H3,(H,23,25)(H,24,26). The van der Waals surface area contributed by atoms with Crippen LogP contribution in [0.3, 0.4) is 0 Å². The fourth-order valence-corrected chi connectivity index (χ4v) is 3.51. The molecular formula is C22H26N2O4. The van der Waals surface area contributed by atoms with Crippen molar-refractivity contribution in [1.82, 2.24) is 5.32 Å². The van der Waals surface area contributed by atoms with E-state index < -0.39 is 11.8 Å². The second kappa shape index (κ2) is 8.89. The maximum Gasteiger partial charge on any atom is 0.313 e. The highest BCUT2D eigenvalue weighted by Crippen LogP contribution is 2.35. The van der Waals surface area contributed by atoms with Gasteiger partial charge in [0.1, 0.15) is 5.75 Å². The first kappa shape index (κ1) is 19.9. The van der Waals surface area contributed by atoms with Crippen molar-refractivity contribution in [3.05, 3.63) is 59.7 Å². The summed E-state index contributed by atoms with van der Waals surface area (Å²) in [5, 5.41) is 5.46. The van der Waals surface area contributed by atoms with Crippen molar-refractivity contribution >= 4 is 17.5 Å². The Balaban J connectivity index is 1.67. The van der Waals surface area contributed by atoms with Crippen LogP contribution >= 0.6 is 0 Å². The van der Waals surface area contributed by atoms with E-state index in [0.29, 0.717) is 25.4 Å². The Hall–Kier alpha value is -2.86. The Morgan fingerprint density at radius 2 is 1.79 bits per heavy atom. The summed E-state index contributed by atoms with van der Waals surface area (Å²) >= 11 is 0. The first-order valence-corrected chi connectivity index (χ1v) is 9.40. The molecule has 1 fully saturated rings. The molecule has 0 saturated carbocycles. The van der Waals surface area contributed by atoms with E-state index in [9.17, 15) is 9.59 Å². The fourth-order valence-electron chi connectivity index (χ4n) is 3.51. The largest absolute Gasteiger partial charge is 0.497 e. The quantitative estimate of drug-likeness (QED) is 0.780. The Labute approximate surface area is 165 Å². The molecule has 3 rings (SSSR count). The van der Waals surface area contributed by atoms with Crippen LogP contribution in [0.25, 0.3) is 0 Å². The molecule has 28 heavy (non-hydrogen) atoms. The highest BCUT2D eigenvalue weighted by Gasteiger charge is 2.35. The van der Waals surface area contributed by atoms with Crippen LogP contribution in [-0.2, 0) is 19.7 Å². The molecule has 0 radical (unpaired) electrons. The molecule has 2 N–H and O–H groups in total. The van der Waals surface area contributed by atoms with Crippen LogP contribution in [0.4, 0.5) is 5.69 Å². The Bertz CT molecular complexity index is 827. The zero-order valence-electron chi connectivity index (χ0n) is 16.3. The average molecular weight is 382 g/mol. The molecule has 1 saturated heterocycles. The summed E-state index contributed by atoms with van der Waals surface area (Å²) in [7, 11) is 1.63. The van der Waals surface area contributed by atoms with Gasteiger partial charge in [-0.1, -0.05) is 24.3 Å². The zero-order chi connectivity index (χ0) is 20.0. The number of nitrogens with one attached hydrogen (secondary N) is 2. The fraction of sp³-hybridized carbons (Fsp3) is 0.364. The first-order chi connectivity index (χ1) is 13.5. The summed E-state index contributed by atoms with van der Waals surface area (Å²) in [6, 6.07) is 15.2. The average Bonchev–Trinajstić information content (AvgIpc) is 2.72. The third-order valence-electron chi connectivity index (χ3n) is 5.22. The lowest BCUT2D eigenvalue weighted by Gasteiger charge is -2.38. The van der Waals surface area contributed by atoms with Gasteiger partial charge in [-0.2, -0.15) is 0 Å². The first-order valence-electron chi connectivity index (χ1n) is 9.40. The second-order valence-corrected chi connectivity index (χ2v) is 7.13. The SMILES string of the molecule is COc1ccc(C2(CNC(=O)C(=O)Nc3cccc(C)c3)CCOCC2)cc1. The van der Waals surface area contributed by atoms with Crippen LogP contribution in [0.2, 0.25) is 0 Å². The van der Waals surface area contributed by atoms with E-state index in [1.807, 2.05) is 49.4 Å². The van der Waals surface area contributed by atoms with E-state index in [-0.39, 0.29) is 5.41 Å². The number of amides is 2. The van der Waals surface area contributed by atoms with Crippen LogP contribution in [0, 0.1) is 6.92 Å². The molecule has 1 aliphatic heterocycles. The van der Waals surface area contributed by atoms with Gasteiger partial charge in [0.05, 0.1) is 7.11 Å². The van der Waals surface area contributed by atoms with Gasteiger partial charge in [-0.25, -0.2) is 0 Å². The smallest absolute Gasteiger partial charge is 0.313 e. The number of benzene rings is 2. The van der Waals surface area contributed by atoms with Crippen LogP contribution in [-0.4, -0.2) is 38.7 Å². The lowest BCUT2D eigenvalue weighted by molar-refractivity contribution is -0.136. The van der Waals surface area contributed by atoms with E-state index in [2.05, 4.69) is 10.6 Å². The molecule has 1 aliphatic rings. The summed E-state index contributed by atoms with van der Waals surface area (Å²) in [6.45, 7) is 3.55. The molecule has 0 atom stereocenters. The van der Waals surface area contributed by atoms with Crippen molar-refractivity contribution in [3.8, 4) is 5.75 Å². The number of hydrogen-bond donors (Lipinski definition) is 2. The minimum Gasteiger partial charge on any atom is -0.497 e. The molecule has 148 valence electrons. The topological polar surface area (TPSA) is 76.7 Å². The number of hydrogen-bond acceptors (Lipinski definition) is 4. The number of carbonyl (C=O) groups excluding carboxylic acids is 2. The van der Waals surface area contributed by atoms with Crippen LogP contribution in [0.15, 0.2) is 48.5 Å². The van der Waals surface area contributed by atoms with Gasteiger partial charge in [0.15, 0.2) is 0 Å². The molecule has 6 nitrogen and oxygen atoms in total. The van der Waals surface area contributed by atoms with Crippen LogP contribution in [0.5, 0.6) is 5.75 Å². The number of rotatable bonds is 5. The second-order valence-electron chi connectivity index (χ2n) is 7.13. The van der Waals surface area contributed by atoms with E-state index in [1.54, 1.807) is 13.2 Å². The summed E-state index contributed by atoms with van der Waals surface area (Å²) in [5.41, 5.74) is 2.47. The van der Waals surface area contributed by atoms with Gasteiger partial charge < -0.3 is 20.1 Å². The van der Waals surface area contributed by atoms with E-state index in [1.165, 1.54) is 0 Å². The molecule has 0 aromatic heterocycles. The van der Waals surface area contributed by atoms with Crippen molar-refractivity contribution in [2.24, 2.45) is 0 Å². The Morgan fingerprint density at radius 3 is 2.43 bits per heavy atom. The van der Waals surface area contributed by atoms with Gasteiger partial charge in [-0.05, 0) is 55.2 Å². The molecule has 1 heterocycles. The summed E-state index contributed by atoms with van der Waals surface area (Å²) in [4.78, 5) is 24.6. The van der Waals surface area contributed by atoms with E-state index >= 15 is 0 Å². The highest BCUT2D eigenvalue weighted by atomic mass is 16.5. The minimum absolute atomic E-state index is 0.260. The van der Waals surface area contributed by atoms with Gasteiger partial charge in [-0.15, -0.1) is 0 Å². The van der Waals surface area contributed by atoms with E-state index in [0.717, 1.165) is 29.7 Å².